The molecule has 1 aliphatic rings. The lowest BCUT2D eigenvalue weighted by atomic mass is 9.89. The van der Waals surface area contributed by atoms with Crippen molar-refractivity contribution in [3.8, 4) is 0 Å². The van der Waals surface area contributed by atoms with Crippen LogP contribution in [0.4, 0.5) is 0 Å². The van der Waals surface area contributed by atoms with Gasteiger partial charge in [0.2, 0.25) is 0 Å². The fourth-order valence-electron chi connectivity index (χ4n) is 2.30. The van der Waals surface area contributed by atoms with Crippen molar-refractivity contribution in [2.45, 2.75) is 51.5 Å². The summed E-state index contributed by atoms with van der Waals surface area (Å²) in [7, 11) is 0. The maximum absolute atomic E-state index is 4.50. The summed E-state index contributed by atoms with van der Waals surface area (Å²) in [6.45, 7) is 3.98. The number of nitrogens with one attached hydrogen (secondary N) is 1. The number of nitrogens with zero attached hydrogens (tertiary/aromatic N) is 2. The summed E-state index contributed by atoms with van der Waals surface area (Å²) in [6, 6.07) is 0. The van der Waals surface area contributed by atoms with E-state index >= 15 is 0 Å². The quantitative estimate of drug-likeness (QED) is 0.846. The Morgan fingerprint density at radius 1 is 1.19 bits per heavy atom. The zero-order chi connectivity index (χ0) is 11.2. The third-order valence-electron chi connectivity index (χ3n) is 3.27. The molecule has 16 heavy (non-hydrogen) atoms. The van der Waals surface area contributed by atoms with Crippen molar-refractivity contribution in [1.82, 2.24) is 15.3 Å². The number of hydrogen-bond acceptors (Lipinski definition) is 3. The van der Waals surface area contributed by atoms with Gasteiger partial charge in [-0.2, -0.15) is 0 Å². The normalized spacial score (nSPS) is 17.6. The Kier molecular flexibility index (Phi) is 4.28. The molecule has 0 bridgehead atoms. The molecule has 0 radical (unpaired) electrons. The van der Waals surface area contributed by atoms with E-state index in [2.05, 4.69) is 22.2 Å². The molecule has 1 aromatic heterocycles. The van der Waals surface area contributed by atoms with E-state index in [1.54, 1.807) is 0 Å². The summed E-state index contributed by atoms with van der Waals surface area (Å²) < 4.78 is 0. The van der Waals surface area contributed by atoms with E-state index in [0.717, 1.165) is 18.9 Å². The molecular weight excluding hydrogens is 198 g/mol. The first-order valence-electron chi connectivity index (χ1n) is 6.41. The van der Waals surface area contributed by atoms with E-state index in [0.29, 0.717) is 5.92 Å². The zero-order valence-corrected chi connectivity index (χ0v) is 10.1. The first-order chi connectivity index (χ1) is 7.90. The Morgan fingerprint density at radius 2 is 1.88 bits per heavy atom. The minimum Gasteiger partial charge on any atom is -0.313 e. The molecule has 2 rings (SSSR count). The molecule has 1 aliphatic carbocycles. The second kappa shape index (κ2) is 5.94. The summed E-state index contributed by atoms with van der Waals surface area (Å²) in [4.78, 5) is 9.01. The van der Waals surface area contributed by atoms with Crippen molar-refractivity contribution in [2.24, 2.45) is 0 Å². The van der Waals surface area contributed by atoms with Crippen molar-refractivity contribution in [3.05, 3.63) is 23.8 Å². The highest BCUT2D eigenvalue weighted by molar-refractivity contribution is 5.07. The molecule has 1 aromatic rings. The van der Waals surface area contributed by atoms with Crippen LogP contribution in [0.1, 0.15) is 56.3 Å². The monoisotopic (exact) mass is 219 g/mol. The molecule has 0 amide bonds. The summed E-state index contributed by atoms with van der Waals surface area (Å²) in [6.07, 6.45) is 10.5. The van der Waals surface area contributed by atoms with E-state index in [9.17, 15) is 0 Å². The van der Waals surface area contributed by atoms with Crippen LogP contribution in [-0.4, -0.2) is 16.5 Å². The molecule has 1 heterocycles. The van der Waals surface area contributed by atoms with E-state index in [1.807, 2.05) is 12.4 Å². The molecule has 1 saturated carbocycles. The lowest BCUT2D eigenvalue weighted by Gasteiger charge is -2.19. The zero-order valence-electron chi connectivity index (χ0n) is 10.1. The maximum atomic E-state index is 4.50. The first kappa shape index (κ1) is 11.5. The summed E-state index contributed by atoms with van der Waals surface area (Å²) >= 11 is 0. The van der Waals surface area contributed by atoms with Crippen molar-refractivity contribution in [1.29, 1.82) is 0 Å². The summed E-state index contributed by atoms with van der Waals surface area (Å²) in [5, 5.41) is 3.28. The summed E-state index contributed by atoms with van der Waals surface area (Å²) in [5.74, 6) is 1.67. The van der Waals surface area contributed by atoms with Gasteiger partial charge in [0.25, 0.3) is 0 Å². The smallest absolute Gasteiger partial charge is 0.131 e. The van der Waals surface area contributed by atoms with Gasteiger partial charge in [0.05, 0.1) is 0 Å². The number of rotatable bonds is 4. The van der Waals surface area contributed by atoms with Gasteiger partial charge in [0.1, 0.15) is 5.82 Å². The molecule has 0 saturated heterocycles. The molecule has 3 heteroatoms. The predicted molar refractivity (Wildman–Crippen MR) is 65.2 cm³/mol. The second-order valence-electron chi connectivity index (χ2n) is 4.56. The van der Waals surface area contributed by atoms with Crippen LogP contribution in [0.5, 0.6) is 0 Å². The van der Waals surface area contributed by atoms with Gasteiger partial charge < -0.3 is 5.32 Å². The van der Waals surface area contributed by atoms with Crippen LogP contribution in [0, 0.1) is 0 Å². The highest BCUT2D eigenvalue weighted by Crippen LogP contribution is 2.30. The molecule has 3 nitrogen and oxygen atoms in total. The Hall–Kier alpha value is -0.960. The standard InChI is InChI=1S/C13H21N3/c1-2-14-8-11-9-15-13(16-10-11)12-6-4-3-5-7-12/h9-10,12,14H,2-8H2,1H3. The van der Waals surface area contributed by atoms with E-state index in [-0.39, 0.29) is 0 Å². The van der Waals surface area contributed by atoms with Gasteiger partial charge in [-0.1, -0.05) is 26.2 Å². The molecule has 1 N–H and O–H groups in total. The molecule has 1 fully saturated rings. The third-order valence-corrected chi connectivity index (χ3v) is 3.27. The molecule has 0 unspecified atom stereocenters. The van der Waals surface area contributed by atoms with Gasteiger partial charge >= 0.3 is 0 Å². The Morgan fingerprint density at radius 3 is 2.50 bits per heavy atom. The molecule has 0 atom stereocenters. The molecule has 0 aromatic carbocycles. The Bertz CT molecular complexity index is 301. The van der Waals surface area contributed by atoms with Crippen LogP contribution in [0.3, 0.4) is 0 Å². The van der Waals surface area contributed by atoms with Crippen LogP contribution in [0.15, 0.2) is 12.4 Å². The lowest BCUT2D eigenvalue weighted by Crippen LogP contribution is -2.13. The number of aromatic nitrogens is 2. The largest absolute Gasteiger partial charge is 0.313 e. The first-order valence-corrected chi connectivity index (χ1v) is 6.41. The average molecular weight is 219 g/mol. The van der Waals surface area contributed by atoms with E-state index in [4.69, 9.17) is 0 Å². The summed E-state index contributed by atoms with van der Waals surface area (Å²) in [5.41, 5.74) is 1.18. The van der Waals surface area contributed by atoms with Gasteiger partial charge in [0.15, 0.2) is 0 Å². The van der Waals surface area contributed by atoms with Gasteiger partial charge in [-0.3, -0.25) is 0 Å². The van der Waals surface area contributed by atoms with Crippen molar-refractivity contribution >= 4 is 0 Å². The molecular formula is C13H21N3. The fourth-order valence-corrected chi connectivity index (χ4v) is 2.30. The molecule has 0 spiro atoms. The maximum Gasteiger partial charge on any atom is 0.131 e. The van der Waals surface area contributed by atoms with Gasteiger partial charge in [0, 0.05) is 30.4 Å². The molecule has 0 aliphatic heterocycles. The van der Waals surface area contributed by atoms with Crippen molar-refractivity contribution in [2.75, 3.05) is 6.54 Å². The highest BCUT2D eigenvalue weighted by atomic mass is 14.9. The average Bonchev–Trinajstić information content (AvgIpc) is 2.38. The van der Waals surface area contributed by atoms with Crippen LogP contribution in [0.25, 0.3) is 0 Å². The van der Waals surface area contributed by atoms with Crippen LogP contribution >= 0.6 is 0 Å². The number of hydrogen-bond donors (Lipinski definition) is 1. The predicted octanol–water partition coefficient (Wildman–Crippen LogP) is 2.63. The van der Waals surface area contributed by atoms with Crippen molar-refractivity contribution < 1.29 is 0 Å². The SMILES string of the molecule is CCNCc1cnc(C2CCCCC2)nc1. The van der Waals surface area contributed by atoms with Crippen LogP contribution in [-0.2, 0) is 6.54 Å². The molecule has 88 valence electrons. The lowest BCUT2D eigenvalue weighted by molar-refractivity contribution is 0.428. The topological polar surface area (TPSA) is 37.8 Å². The minimum atomic E-state index is 0.613. The Balaban J connectivity index is 1.95. The minimum absolute atomic E-state index is 0.613. The van der Waals surface area contributed by atoms with Crippen LogP contribution in [0.2, 0.25) is 0 Å². The second-order valence-corrected chi connectivity index (χ2v) is 4.56. The van der Waals surface area contributed by atoms with E-state index < -0.39 is 0 Å². The van der Waals surface area contributed by atoms with Gasteiger partial charge in [-0.25, -0.2) is 9.97 Å². The fraction of sp³-hybridized carbons (Fsp3) is 0.692. The van der Waals surface area contributed by atoms with Gasteiger partial charge in [-0.15, -0.1) is 0 Å². The third kappa shape index (κ3) is 3.01. The van der Waals surface area contributed by atoms with E-state index in [1.165, 1.54) is 37.7 Å². The van der Waals surface area contributed by atoms with Gasteiger partial charge in [-0.05, 0) is 19.4 Å². The Labute approximate surface area is 97.7 Å². The highest BCUT2D eigenvalue weighted by Gasteiger charge is 2.17. The van der Waals surface area contributed by atoms with Crippen molar-refractivity contribution in [3.63, 3.8) is 0 Å². The van der Waals surface area contributed by atoms with Crippen LogP contribution < -0.4 is 5.32 Å².